The van der Waals surface area contributed by atoms with Crippen molar-refractivity contribution in [3.63, 3.8) is 0 Å². The molecule has 15 heavy (non-hydrogen) atoms. The van der Waals surface area contributed by atoms with Gasteiger partial charge in [0.05, 0.1) is 22.3 Å². The SMILES string of the molecule is N#Cc1ccc(Cl)c(-n2cn[nH]c2=S)c1. The molecular weight excluding hydrogens is 232 g/mol. The molecule has 1 heterocycles. The molecule has 2 rings (SSSR count). The zero-order chi connectivity index (χ0) is 10.8. The predicted molar refractivity (Wildman–Crippen MR) is 58.5 cm³/mol. The smallest absolute Gasteiger partial charge is 0.199 e. The number of rotatable bonds is 1. The summed E-state index contributed by atoms with van der Waals surface area (Å²) in [6.07, 6.45) is 1.52. The second kappa shape index (κ2) is 3.85. The normalized spacial score (nSPS) is 9.87. The molecule has 0 spiro atoms. The van der Waals surface area contributed by atoms with Crippen LogP contribution in [-0.4, -0.2) is 14.8 Å². The third-order valence-electron chi connectivity index (χ3n) is 1.89. The van der Waals surface area contributed by atoms with Gasteiger partial charge in [0.15, 0.2) is 4.77 Å². The number of aromatic amines is 1. The molecule has 0 atom stereocenters. The molecule has 0 aliphatic heterocycles. The van der Waals surface area contributed by atoms with E-state index in [1.165, 1.54) is 6.33 Å². The van der Waals surface area contributed by atoms with Crippen molar-refractivity contribution in [2.24, 2.45) is 0 Å². The Morgan fingerprint density at radius 2 is 2.33 bits per heavy atom. The minimum atomic E-state index is 0.437. The fourth-order valence-electron chi connectivity index (χ4n) is 1.19. The summed E-state index contributed by atoms with van der Waals surface area (Å²) in [5.74, 6) is 0. The van der Waals surface area contributed by atoms with E-state index in [1.54, 1.807) is 22.8 Å². The Labute approximate surface area is 95.7 Å². The number of nitrogens with zero attached hydrogens (tertiary/aromatic N) is 3. The lowest BCUT2D eigenvalue weighted by atomic mass is 10.2. The Bertz CT molecular complexity index is 593. The average Bonchev–Trinajstić information content (AvgIpc) is 2.65. The number of nitriles is 1. The van der Waals surface area contributed by atoms with Gasteiger partial charge in [-0.05, 0) is 30.4 Å². The molecule has 0 aliphatic carbocycles. The molecular formula is C9H5ClN4S. The van der Waals surface area contributed by atoms with E-state index >= 15 is 0 Å². The number of H-pyrrole nitrogens is 1. The van der Waals surface area contributed by atoms with E-state index in [4.69, 9.17) is 29.1 Å². The first-order chi connectivity index (χ1) is 7.22. The van der Waals surface area contributed by atoms with Gasteiger partial charge < -0.3 is 0 Å². The number of aromatic nitrogens is 3. The van der Waals surface area contributed by atoms with E-state index in [2.05, 4.69) is 10.2 Å². The average molecular weight is 237 g/mol. The second-order valence-corrected chi connectivity index (χ2v) is 3.60. The third kappa shape index (κ3) is 1.77. The van der Waals surface area contributed by atoms with Crippen LogP contribution >= 0.6 is 23.8 Å². The molecule has 74 valence electrons. The van der Waals surface area contributed by atoms with Crippen molar-refractivity contribution in [3.05, 3.63) is 39.9 Å². The monoisotopic (exact) mass is 236 g/mol. The lowest BCUT2D eigenvalue weighted by molar-refractivity contribution is 1.03. The predicted octanol–water partition coefficient (Wildman–Crippen LogP) is 2.45. The fraction of sp³-hybridized carbons (Fsp3) is 0. The van der Waals surface area contributed by atoms with E-state index in [0.29, 0.717) is 21.0 Å². The van der Waals surface area contributed by atoms with Gasteiger partial charge in [-0.3, -0.25) is 9.67 Å². The van der Waals surface area contributed by atoms with Crippen molar-refractivity contribution < 1.29 is 0 Å². The van der Waals surface area contributed by atoms with Gasteiger partial charge in [0.2, 0.25) is 0 Å². The highest BCUT2D eigenvalue weighted by Gasteiger charge is 2.05. The summed E-state index contributed by atoms with van der Waals surface area (Å²) in [5, 5.41) is 15.7. The molecule has 0 fully saturated rings. The summed E-state index contributed by atoms with van der Waals surface area (Å²) in [6.45, 7) is 0. The zero-order valence-corrected chi connectivity index (χ0v) is 9.01. The number of hydrogen-bond donors (Lipinski definition) is 1. The van der Waals surface area contributed by atoms with Gasteiger partial charge in [-0.15, -0.1) is 0 Å². The Kier molecular flexibility index (Phi) is 2.54. The first kappa shape index (κ1) is 9.90. The largest absolute Gasteiger partial charge is 0.273 e. The maximum absolute atomic E-state index is 8.77. The van der Waals surface area contributed by atoms with E-state index in [-0.39, 0.29) is 0 Å². The van der Waals surface area contributed by atoms with Crippen LogP contribution in [0.1, 0.15) is 5.56 Å². The number of benzene rings is 1. The molecule has 2 aromatic rings. The standard InChI is InChI=1S/C9H5ClN4S/c10-7-2-1-6(4-11)3-8(7)14-5-12-13-9(14)15/h1-3,5H,(H,13,15). The van der Waals surface area contributed by atoms with Crippen LogP contribution in [0, 0.1) is 16.1 Å². The van der Waals surface area contributed by atoms with Crippen LogP contribution < -0.4 is 0 Å². The van der Waals surface area contributed by atoms with E-state index in [1.807, 2.05) is 6.07 Å². The minimum absolute atomic E-state index is 0.437. The minimum Gasteiger partial charge on any atom is -0.273 e. The van der Waals surface area contributed by atoms with Gasteiger partial charge >= 0.3 is 0 Å². The van der Waals surface area contributed by atoms with Gasteiger partial charge in [0.1, 0.15) is 6.33 Å². The molecule has 0 unspecified atom stereocenters. The van der Waals surface area contributed by atoms with E-state index in [0.717, 1.165) is 0 Å². The lowest BCUT2D eigenvalue weighted by Crippen LogP contribution is -1.94. The highest BCUT2D eigenvalue weighted by molar-refractivity contribution is 7.71. The van der Waals surface area contributed by atoms with Crippen LogP contribution in [0.4, 0.5) is 0 Å². The number of nitrogens with one attached hydrogen (secondary N) is 1. The summed E-state index contributed by atoms with van der Waals surface area (Å²) >= 11 is 11.0. The van der Waals surface area contributed by atoms with E-state index in [9.17, 15) is 0 Å². The first-order valence-corrected chi connectivity index (χ1v) is 4.83. The van der Waals surface area contributed by atoms with Gasteiger partial charge in [-0.25, -0.2) is 0 Å². The number of hydrogen-bond acceptors (Lipinski definition) is 3. The molecule has 4 nitrogen and oxygen atoms in total. The topological polar surface area (TPSA) is 57.4 Å². The molecule has 6 heteroatoms. The highest BCUT2D eigenvalue weighted by atomic mass is 35.5. The zero-order valence-electron chi connectivity index (χ0n) is 7.44. The quantitative estimate of drug-likeness (QED) is 0.774. The lowest BCUT2D eigenvalue weighted by Gasteiger charge is -2.03. The molecule has 0 bridgehead atoms. The van der Waals surface area contributed by atoms with Crippen LogP contribution in [0.15, 0.2) is 24.5 Å². The van der Waals surface area contributed by atoms with Crippen LogP contribution in [-0.2, 0) is 0 Å². The Balaban J connectivity index is 2.68. The maximum Gasteiger partial charge on any atom is 0.199 e. The van der Waals surface area contributed by atoms with Crippen molar-refractivity contribution in [3.8, 4) is 11.8 Å². The molecule has 0 radical (unpaired) electrons. The summed E-state index contributed by atoms with van der Waals surface area (Å²) in [6, 6.07) is 7.01. The van der Waals surface area contributed by atoms with E-state index < -0.39 is 0 Å². The molecule has 1 aromatic heterocycles. The highest BCUT2D eigenvalue weighted by Crippen LogP contribution is 2.21. The molecule has 0 saturated carbocycles. The third-order valence-corrected chi connectivity index (χ3v) is 2.49. The second-order valence-electron chi connectivity index (χ2n) is 2.81. The van der Waals surface area contributed by atoms with Crippen LogP contribution in [0.3, 0.4) is 0 Å². The van der Waals surface area contributed by atoms with Crippen molar-refractivity contribution >= 4 is 23.8 Å². The van der Waals surface area contributed by atoms with Crippen LogP contribution in [0.2, 0.25) is 5.02 Å². The Hall–Kier alpha value is -1.64. The van der Waals surface area contributed by atoms with Gasteiger partial charge in [0, 0.05) is 0 Å². The van der Waals surface area contributed by atoms with Crippen molar-refractivity contribution in [2.75, 3.05) is 0 Å². The van der Waals surface area contributed by atoms with Gasteiger partial charge in [-0.2, -0.15) is 10.4 Å². The van der Waals surface area contributed by atoms with Gasteiger partial charge in [-0.1, -0.05) is 11.6 Å². The number of halogens is 1. The van der Waals surface area contributed by atoms with Crippen molar-refractivity contribution in [1.29, 1.82) is 5.26 Å². The van der Waals surface area contributed by atoms with Crippen LogP contribution in [0.5, 0.6) is 0 Å². The summed E-state index contributed by atoms with van der Waals surface area (Å²) < 4.78 is 2.05. The summed E-state index contributed by atoms with van der Waals surface area (Å²) in [7, 11) is 0. The Morgan fingerprint density at radius 3 is 2.93 bits per heavy atom. The molecule has 0 aliphatic rings. The molecule has 0 saturated heterocycles. The Morgan fingerprint density at radius 1 is 1.53 bits per heavy atom. The first-order valence-electron chi connectivity index (χ1n) is 4.04. The molecule has 0 amide bonds. The van der Waals surface area contributed by atoms with Crippen LogP contribution in [0.25, 0.3) is 5.69 Å². The molecule has 1 N–H and O–H groups in total. The van der Waals surface area contributed by atoms with Gasteiger partial charge in [0.25, 0.3) is 0 Å². The molecule has 1 aromatic carbocycles. The van der Waals surface area contributed by atoms with Crippen molar-refractivity contribution in [2.45, 2.75) is 0 Å². The summed E-state index contributed by atoms with van der Waals surface area (Å²) in [4.78, 5) is 0. The van der Waals surface area contributed by atoms with Crippen molar-refractivity contribution in [1.82, 2.24) is 14.8 Å². The fourth-order valence-corrected chi connectivity index (χ4v) is 1.59. The maximum atomic E-state index is 8.77. The summed E-state index contributed by atoms with van der Waals surface area (Å²) in [5.41, 5.74) is 1.17.